The van der Waals surface area contributed by atoms with Crippen LogP contribution in [0.25, 0.3) is 0 Å². The lowest BCUT2D eigenvalue weighted by atomic mass is 9.89. The first-order valence-corrected chi connectivity index (χ1v) is 11.9. The molecule has 4 N–H and O–H groups in total. The van der Waals surface area contributed by atoms with Crippen LogP contribution in [0, 0.1) is 11.3 Å². The minimum absolute atomic E-state index is 0. The van der Waals surface area contributed by atoms with Crippen LogP contribution in [0.5, 0.6) is 0 Å². The average Bonchev–Trinajstić information content (AvgIpc) is 2.82. The summed E-state index contributed by atoms with van der Waals surface area (Å²) in [6.07, 6.45) is 3.92. The zero-order valence-electron chi connectivity index (χ0n) is 21.1. The predicted molar refractivity (Wildman–Crippen MR) is 137 cm³/mol. The molecule has 1 unspecified atom stereocenters. The number of anilines is 1. The fraction of sp³-hybridized carbons (Fsp3) is 0.600. The topological polar surface area (TPSA) is 131 Å². The molecular formula is C25H39ClN4O5. The molecule has 1 aliphatic rings. The van der Waals surface area contributed by atoms with Gasteiger partial charge in [0.1, 0.15) is 5.92 Å². The maximum Gasteiger partial charge on any atom is 0.407 e. The Hall–Kier alpha value is -2.81. The summed E-state index contributed by atoms with van der Waals surface area (Å²) >= 11 is 0. The van der Waals surface area contributed by atoms with Crippen molar-refractivity contribution in [3.8, 4) is 0 Å². The number of unbranched alkanes of at least 4 members (excludes halogenated alkanes) is 2. The second kappa shape index (κ2) is 13.9. The van der Waals surface area contributed by atoms with Crippen molar-refractivity contribution in [1.29, 1.82) is 0 Å². The molecule has 0 saturated heterocycles. The third-order valence-electron chi connectivity index (χ3n) is 6.31. The van der Waals surface area contributed by atoms with Crippen LogP contribution < -0.4 is 21.3 Å². The number of para-hydroxylation sites is 1. The molecule has 0 spiro atoms. The van der Waals surface area contributed by atoms with Gasteiger partial charge in [-0.3, -0.25) is 14.4 Å². The van der Waals surface area contributed by atoms with Crippen molar-refractivity contribution >= 4 is 41.9 Å². The molecule has 4 amide bonds. The number of ether oxygens (including phenoxy) is 1. The van der Waals surface area contributed by atoms with Gasteiger partial charge < -0.3 is 26.0 Å². The average molecular weight is 511 g/mol. The van der Waals surface area contributed by atoms with E-state index in [1.807, 2.05) is 24.3 Å². The van der Waals surface area contributed by atoms with E-state index in [2.05, 4.69) is 17.6 Å². The lowest BCUT2D eigenvalue weighted by molar-refractivity contribution is -0.135. The lowest BCUT2D eigenvalue weighted by Crippen LogP contribution is -2.56. The normalized spacial score (nSPS) is 14.6. The van der Waals surface area contributed by atoms with Gasteiger partial charge in [-0.15, -0.1) is 12.4 Å². The fourth-order valence-electron chi connectivity index (χ4n) is 4.05. The molecule has 196 valence electrons. The number of fused-ring (bicyclic) bond motifs is 1. The quantitative estimate of drug-likeness (QED) is 0.311. The Balaban J connectivity index is 0.00000612. The number of nitrogens with zero attached hydrogens (tertiary/aromatic N) is 1. The summed E-state index contributed by atoms with van der Waals surface area (Å²) in [5.41, 5.74) is 6.28. The van der Waals surface area contributed by atoms with E-state index in [0.717, 1.165) is 43.4 Å². The SMILES string of the molecule is CCCCC[C@H](NC(=O)OC)C(C(=O)NCC(C)(C)C(N)=O)C(=O)N1CCCc2ccccc21.Cl. The van der Waals surface area contributed by atoms with Crippen LogP contribution in [0.4, 0.5) is 10.5 Å². The van der Waals surface area contributed by atoms with Gasteiger partial charge in [-0.2, -0.15) is 0 Å². The van der Waals surface area contributed by atoms with E-state index >= 15 is 0 Å². The number of hydrogen-bond donors (Lipinski definition) is 3. The van der Waals surface area contributed by atoms with Gasteiger partial charge in [0.2, 0.25) is 17.7 Å². The van der Waals surface area contributed by atoms with Gasteiger partial charge in [0.25, 0.3) is 0 Å². The number of halogens is 1. The molecule has 2 atom stereocenters. The largest absolute Gasteiger partial charge is 0.453 e. The first-order chi connectivity index (χ1) is 16.1. The molecule has 0 saturated carbocycles. The molecule has 1 aliphatic heterocycles. The number of carbonyl (C=O) groups is 4. The number of amides is 4. The third-order valence-corrected chi connectivity index (χ3v) is 6.31. The fourth-order valence-corrected chi connectivity index (χ4v) is 4.05. The van der Waals surface area contributed by atoms with Crippen LogP contribution in [-0.2, 0) is 25.5 Å². The van der Waals surface area contributed by atoms with E-state index in [1.54, 1.807) is 18.7 Å². The molecule has 0 aromatic heterocycles. The minimum atomic E-state index is -1.19. The van der Waals surface area contributed by atoms with Crippen molar-refractivity contribution in [3.63, 3.8) is 0 Å². The van der Waals surface area contributed by atoms with Crippen molar-refractivity contribution in [1.82, 2.24) is 10.6 Å². The number of aryl methyl sites for hydroxylation is 1. The van der Waals surface area contributed by atoms with Gasteiger partial charge >= 0.3 is 6.09 Å². The first-order valence-electron chi connectivity index (χ1n) is 11.9. The number of carbonyl (C=O) groups excluding carboxylic acids is 4. The molecule has 0 aliphatic carbocycles. The second-order valence-corrected chi connectivity index (χ2v) is 9.40. The summed E-state index contributed by atoms with van der Waals surface area (Å²) in [6.45, 7) is 5.75. The highest BCUT2D eigenvalue weighted by molar-refractivity contribution is 6.09. The Morgan fingerprint density at radius 3 is 2.49 bits per heavy atom. The maximum absolute atomic E-state index is 13.9. The van der Waals surface area contributed by atoms with Crippen LogP contribution in [-0.4, -0.2) is 50.1 Å². The van der Waals surface area contributed by atoms with Crippen LogP contribution >= 0.6 is 12.4 Å². The molecule has 1 heterocycles. The Bertz CT molecular complexity index is 892. The second-order valence-electron chi connectivity index (χ2n) is 9.40. The smallest absolute Gasteiger partial charge is 0.407 e. The minimum Gasteiger partial charge on any atom is -0.453 e. The zero-order chi connectivity index (χ0) is 25.3. The van der Waals surface area contributed by atoms with Crippen LogP contribution in [0.1, 0.15) is 58.4 Å². The van der Waals surface area contributed by atoms with Gasteiger partial charge in [0.05, 0.1) is 18.6 Å². The summed E-state index contributed by atoms with van der Waals surface area (Å²) in [6, 6.07) is 6.87. The molecular weight excluding hydrogens is 472 g/mol. The van der Waals surface area contributed by atoms with Crippen molar-refractivity contribution < 1.29 is 23.9 Å². The number of rotatable bonds is 11. The Morgan fingerprint density at radius 2 is 1.86 bits per heavy atom. The van der Waals surface area contributed by atoms with Crippen molar-refractivity contribution in [3.05, 3.63) is 29.8 Å². The van der Waals surface area contributed by atoms with Gasteiger partial charge in [0.15, 0.2) is 0 Å². The molecule has 10 heteroatoms. The van der Waals surface area contributed by atoms with Gasteiger partial charge in [-0.1, -0.05) is 44.4 Å². The maximum atomic E-state index is 13.9. The van der Waals surface area contributed by atoms with Crippen LogP contribution in [0.3, 0.4) is 0 Å². The first kappa shape index (κ1) is 30.2. The van der Waals surface area contributed by atoms with E-state index in [0.29, 0.717) is 13.0 Å². The number of nitrogens with one attached hydrogen (secondary N) is 2. The zero-order valence-corrected chi connectivity index (χ0v) is 21.9. The Kier molecular flexibility index (Phi) is 12.0. The number of alkyl carbamates (subject to hydrolysis) is 1. The van der Waals surface area contributed by atoms with E-state index < -0.39 is 35.3 Å². The molecule has 2 rings (SSSR count). The number of benzene rings is 1. The summed E-state index contributed by atoms with van der Waals surface area (Å²) in [7, 11) is 1.24. The molecule has 1 aromatic rings. The number of primary amides is 1. The van der Waals surface area contributed by atoms with E-state index in [-0.39, 0.29) is 24.9 Å². The Labute approximate surface area is 213 Å². The highest BCUT2D eigenvalue weighted by atomic mass is 35.5. The van der Waals surface area contributed by atoms with Gasteiger partial charge in [-0.05, 0) is 44.7 Å². The van der Waals surface area contributed by atoms with Crippen LogP contribution in [0.2, 0.25) is 0 Å². The molecule has 35 heavy (non-hydrogen) atoms. The summed E-state index contributed by atoms with van der Waals surface area (Å²) in [4.78, 5) is 52.8. The third kappa shape index (κ3) is 8.13. The monoisotopic (exact) mass is 510 g/mol. The summed E-state index contributed by atoms with van der Waals surface area (Å²) in [5.74, 6) is -2.70. The van der Waals surface area contributed by atoms with Crippen LogP contribution in [0.15, 0.2) is 24.3 Å². The highest BCUT2D eigenvalue weighted by Gasteiger charge is 2.40. The van der Waals surface area contributed by atoms with Crippen molar-refractivity contribution in [2.24, 2.45) is 17.1 Å². The molecule has 0 fully saturated rings. The highest BCUT2D eigenvalue weighted by Crippen LogP contribution is 2.29. The molecule has 1 aromatic carbocycles. The molecule has 0 radical (unpaired) electrons. The van der Waals surface area contributed by atoms with Crippen molar-refractivity contribution in [2.45, 2.75) is 65.3 Å². The van der Waals surface area contributed by atoms with Gasteiger partial charge in [-0.25, -0.2) is 4.79 Å². The summed E-state index contributed by atoms with van der Waals surface area (Å²) in [5, 5.41) is 5.44. The van der Waals surface area contributed by atoms with E-state index in [1.165, 1.54) is 7.11 Å². The predicted octanol–water partition coefficient (Wildman–Crippen LogP) is 2.94. The van der Waals surface area contributed by atoms with E-state index in [9.17, 15) is 19.2 Å². The molecule has 9 nitrogen and oxygen atoms in total. The lowest BCUT2D eigenvalue weighted by Gasteiger charge is -2.35. The van der Waals surface area contributed by atoms with Crippen molar-refractivity contribution in [2.75, 3.05) is 25.1 Å². The summed E-state index contributed by atoms with van der Waals surface area (Å²) < 4.78 is 4.78. The number of nitrogens with two attached hydrogens (primary N) is 1. The number of methoxy groups -OCH3 is 1. The standard InChI is InChI=1S/C25H38N4O5.ClH/c1-5-6-7-13-18(28-24(33)34-4)20(21(30)27-16-25(2,3)23(26)32)22(31)29-15-10-12-17-11-8-9-14-19(17)29;/h8-9,11,14,18,20H,5-7,10,12-13,15-16H2,1-4H3,(H2,26,32)(H,27,30)(H,28,33);1H/t18-,20?;/m0./s1. The number of hydrogen-bond acceptors (Lipinski definition) is 5. The Morgan fingerprint density at radius 1 is 1.17 bits per heavy atom. The van der Waals surface area contributed by atoms with Gasteiger partial charge in [0, 0.05) is 18.8 Å². The van der Waals surface area contributed by atoms with E-state index in [4.69, 9.17) is 10.5 Å². The molecule has 0 bridgehead atoms.